The quantitative estimate of drug-likeness (QED) is 0.582. The molecule has 88 valence electrons. The molecule has 0 bridgehead atoms. The van der Waals surface area contributed by atoms with E-state index in [1.165, 1.54) is 6.07 Å². The number of nitro groups is 1. The van der Waals surface area contributed by atoms with Gasteiger partial charge in [-0.15, -0.1) is 0 Å². The van der Waals surface area contributed by atoms with Gasteiger partial charge >= 0.3 is 0 Å². The zero-order valence-electron chi connectivity index (χ0n) is 9.65. The lowest BCUT2D eigenvalue weighted by atomic mass is 10.3. The molecule has 0 radical (unpaired) electrons. The summed E-state index contributed by atoms with van der Waals surface area (Å²) in [5.41, 5.74) is 0.472. The molecule has 6 heteroatoms. The van der Waals surface area contributed by atoms with Crippen molar-refractivity contribution in [2.45, 2.75) is 19.9 Å². The summed E-state index contributed by atoms with van der Waals surface area (Å²) >= 11 is 0. The summed E-state index contributed by atoms with van der Waals surface area (Å²) in [4.78, 5) is 14.3. The van der Waals surface area contributed by atoms with Gasteiger partial charge in [-0.2, -0.15) is 0 Å². The van der Waals surface area contributed by atoms with Crippen molar-refractivity contribution in [3.63, 3.8) is 0 Å². The molecule has 6 nitrogen and oxygen atoms in total. The molecular weight excluding hydrogens is 208 g/mol. The van der Waals surface area contributed by atoms with Crippen LogP contribution in [0.1, 0.15) is 12.6 Å². The standard InChI is InChI=1S/C10H16N4O2/c1-7(11-3)6-12-10-5-4-9(14(15)16)8(2)13-10/h4-5,7,11H,6H2,1-3H3,(H,12,13). The van der Waals surface area contributed by atoms with Crippen LogP contribution in [0.15, 0.2) is 12.1 Å². The zero-order valence-corrected chi connectivity index (χ0v) is 9.65. The number of aromatic nitrogens is 1. The van der Waals surface area contributed by atoms with Gasteiger partial charge in [-0.25, -0.2) is 4.98 Å². The summed E-state index contributed by atoms with van der Waals surface area (Å²) in [6.07, 6.45) is 0. The molecule has 0 saturated carbocycles. The Morgan fingerprint density at radius 1 is 1.56 bits per heavy atom. The van der Waals surface area contributed by atoms with Crippen molar-refractivity contribution in [1.29, 1.82) is 0 Å². The van der Waals surface area contributed by atoms with Crippen LogP contribution in [-0.2, 0) is 0 Å². The fraction of sp³-hybridized carbons (Fsp3) is 0.500. The van der Waals surface area contributed by atoms with E-state index < -0.39 is 4.92 Å². The Bertz CT molecular complexity index is 381. The van der Waals surface area contributed by atoms with E-state index in [4.69, 9.17) is 0 Å². The predicted octanol–water partition coefficient (Wildman–Crippen LogP) is 1.32. The molecule has 1 rings (SSSR count). The monoisotopic (exact) mass is 224 g/mol. The van der Waals surface area contributed by atoms with Gasteiger partial charge in [0, 0.05) is 18.7 Å². The molecule has 0 spiro atoms. The minimum absolute atomic E-state index is 0.0483. The third kappa shape index (κ3) is 3.16. The molecule has 0 aliphatic heterocycles. The van der Waals surface area contributed by atoms with Crippen LogP contribution in [0.2, 0.25) is 0 Å². The molecule has 0 aliphatic carbocycles. The first kappa shape index (κ1) is 12.4. The Morgan fingerprint density at radius 3 is 2.75 bits per heavy atom. The van der Waals surface area contributed by atoms with Crippen LogP contribution in [0.3, 0.4) is 0 Å². The molecule has 1 aromatic heterocycles. The molecule has 0 saturated heterocycles. The van der Waals surface area contributed by atoms with Crippen LogP contribution < -0.4 is 10.6 Å². The second-order valence-electron chi connectivity index (χ2n) is 3.63. The summed E-state index contributed by atoms with van der Waals surface area (Å²) in [5.74, 6) is 0.658. The van der Waals surface area contributed by atoms with Crippen molar-refractivity contribution < 1.29 is 4.92 Å². The Labute approximate surface area is 94.2 Å². The van der Waals surface area contributed by atoms with Crippen LogP contribution in [0, 0.1) is 17.0 Å². The summed E-state index contributed by atoms with van der Waals surface area (Å²) in [7, 11) is 1.88. The number of hydrogen-bond donors (Lipinski definition) is 2. The van der Waals surface area contributed by atoms with E-state index in [1.54, 1.807) is 13.0 Å². The maximum atomic E-state index is 10.6. The normalized spacial score (nSPS) is 12.2. The lowest BCUT2D eigenvalue weighted by Crippen LogP contribution is -2.29. The van der Waals surface area contributed by atoms with Gasteiger partial charge in [0.1, 0.15) is 11.5 Å². The number of likely N-dealkylation sites (N-methyl/N-ethyl adjacent to an activating group) is 1. The smallest absolute Gasteiger partial charge is 0.290 e. The van der Waals surface area contributed by atoms with Crippen LogP contribution in [0.5, 0.6) is 0 Å². The molecule has 0 fully saturated rings. The van der Waals surface area contributed by atoms with E-state index in [9.17, 15) is 10.1 Å². The molecule has 0 amide bonds. The van der Waals surface area contributed by atoms with Gasteiger partial charge in [0.05, 0.1) is 4.92 Å². The highest BCUT2D eigenvalue weighted by molar-refractivity contribution is 5.44. The third-order valence-corrected chi connectivity index (χ3v) is 2.34. The van der Waals surface area contributed by atoms with Crippen molar-refractivity contribution in [3.8, 4) is 0 Å². The Morgan fingerprint density at radius 2 is 2.25 bits per heavy atom. The van der Waals surface area contributed by atoms with Gasteiger partial charge in [-0.05, 0) is 27.0 Å². The SMILES string of the molecule is CNC(C)CNc1ccc([N+](=O)[O-])c(C)n1. The van der Waals surface area contributed by atoms with Gasteiger partial charge < -0.3 is 10.6 Å². The summed E-state index contributed by atoms with van der Waals surface area (Å²) in [6.45, 7) is 4.39. The maximum absolute atomic E-state index is 10.6. The third-order valence-electron chi connectivity index (χ3n) is 2.34. The van der Waals surface area contributed by atoms with Crippen molar-refractivity contribution >= 4 is 11.5 Å². The second kappa shape index (κ2) is 5.41. The topological polar surface area (TPSA) is 80.1 Å². The summed E-state index contributed by atoms with van der Waals surface area (Å²) in [5, 5.41) is 16.8. The van der Waals surface area contributed by atoms with Gasteiger partial charge in [0.2, 0.25) is 0 Å². The lowest BCUT2D eigenvalue weighted by Gasteiger charge is -2.11. The fourth-order valence-electron chi connectivity index (χ4n) is 1.20. The van der Waals surface area contributed by atoms with Gasteiger partial charge in [-0.1, -0.05) is 0 Å². The molecule has 1 heterocycles. The van der Waals surface area contributed by atoms with Gasteiger partial charge in [0.15, 0.2) is 0 Å². The average Bonchev–Trinajstić information content (AvgIpc) is 2.25. The first-order valence-corrected chi connectivity index (χ1v) is 5.07. The van der Waals surface area contributed by atoms with Crippen LogP contribution >= 0.6 is 0 Å². The molecule has 1 atom stereocenters. The van der Waals surface area contributed by atoms with E-state index >= 15 is 0 Å². The van der Waals surface area contributed by atoms with Crippen molar-refractivity contribution in [1.82, 2.24) is 10.3 Å². The van der Waals surface area contributed by atoms with Gasteiger partial charge in [0.25, 0.3) is 5.69 Å². The van der Waals surface area contributed by atoms with E-state index in [0.29, 0.717) is 17.6 Å². The first-order valence-electron chi connectivity index (χ1n) is 5.07. The number of rotatable bonds is 5. The first-order chi connectivity index (χ1) is 7.54. The van der Waals surface area contributed by atoms with E-state index in [-0.39, 0.29) is 5.69 Å². The number of pyridine rings is 1. The molecule has 1 unspecified atom stereocenters. The van der Waals surface area contributed by atoms with Crippen LogP contribution in [-0.4, -0.2) is 29.5 Å². The van der Waals surface area contributed by atoms with E-state index in [0.717, 1.165) is 6.54 Å². The second-order valence-corrected chi connectivity index (χ2v) is 3.63. The average molecular weight is 224 g/mol. The molecule has 2 N–H and O–H groups in total. The highest BCUT2D eigenvalue weighted by atomic mass is 16.6. The molecule has 16 heavy (non-hydrogen) atoms. The number of nitrogens with one attached hydrogen (secondary N) is 2. The summed E-state index contributed by atoms with van der Waals surface area (Å²) < 4.78 is 0. The highest BCUT2D eigenvalue weighted by Gasteiger charge is 2.11. The molecule has 0 aromatic carbocycles. The van der Waals surface area contributed by atoms with Crippen molar-refractivity contribution in [3.05, 3.63) is 27.9 Å². The molecular formula is C10H16N4O2. The minimum Gasteiger partial charge on any atom is -0.369 e. The molecule has 0 aliphatic rings. The molecule has 1 aromatic rings. The Hall–Kier alpha value is -1.69. The van der Waals surface area contributed by atoms with E-state index in [2.05, 4.69) is 15.6 Å². The number of nitrogens with zero attached hydrogens (tertiary/aromatic N) is 2. The van der Waals surface area contributed by atoms with E-state index in [1.807, 2.05) is 14.0 Å². The van der Waals surface area contributed by atoms with Crippen LogP contribution in [0.25, 0.3) is 0 Å². The fourth-order valence-corrected chi connectivity index (χ4v) is 1.20. The van der Waals surface area contributed by atoms with Crippen LogP contribution in [0.4, 0.5) is 11.5 Å². The Balaban J connectivity index is 2.70. The maximum Gasteiger partial charge on any atom is 0.290 e. The van der Waals surface area contributed by atoms with Crippen molar-refractivity contribution in [2.24, 2.45) is 0 Å². The minimum atomic E-state index is -0.428. The number of hydrogen-bond acceptors (Lipinski definition) is 5. The lowest BCUT2D eigenvalue weighted by molar-refractivity contribution is -0.385. The van der Waals surface area contributed by atoms with Crippen molar-refractivity contribution in [2.75, 3.05) is 18.9 Å². The zero-order chi connectivity index (χ0) is 12.1. The summed E-state index contributed by atoms with van der Waals surface area (Å²) in [6, 6.07) is 3.40. The Kier molecular flexibility index (Phi) is 4.19. The predicted molar refractivity (Wildman–Crippen MR) is 62.6 cm³/mol. The van der Waals surface area contributed by atoms with Gasteiger partial charge in [-0.3, -0.25) is 10.1 Å². The highest BCUT2D eigenvalue weighted by Crippen LogP contribution is 2.17. The number of anilines is 1. The largest absolute Gasteiger partial charge is 0.369 e. The number of aryl methyl sites for hydroxylation is 1.